The van der Waals surface area contributed by atoms with Crippen LogP contribution in [0.25, 0.3) is 11.5 Å². The summed E-state index contributed by atoms with van der Waals surface area (Å²) in [6, 6.07) is 16.2. The van der Waals surface area contributed by atoms with Crippen molar-refractivity contribution in [3.8, 4) is 11.5 Å². The Bertz CT molecular complexity index is 986. The highest BCUT2D eigenvalue weighted by Gasteiger charge is 2.15. The first-order valence-corrected chi connectivity index (χ1v) is 10.00. The second kappa shape index (κ2) is 9.07. The van der Waals surface area contributed by atoms with E-state index in [1.807, 2.05) is 50.2 Å². The first-order valence-electron chi connectivity index (χ1n) is 9.59. The number of carbonyl (C=O) groups is 1. The summed E-state index contributed by atoms with van der Waals surface area (Å²) in [6.07, 6.45) is 2.16. The van der Waals surface area contributed by atoms with Gasteiger partial charge < -0.3 is 4.42 Å². The lowest BCUT2D eigenvalue weighted by molar-refractivity contribution is -0.117. The number of oxazole rings is 1. The molecule has 0 saturated heterocycles. The lowest BCUT2D eigenvalue weighted by atomic mass is 10.0. The van der Waals surface area contributed by atoms with Crippen LogP contribution in [0.2, 0.25) is 0 Å². The molecule has 0 N–H and O–H groups in total. The number of nitrogens with zero attached hydrogens (tertiary/aromatic N) is 1. The van der Waals surface area contributed by atoms with E-state index in [0.29, 0.717) is 23.6 Å². The topological polar surface area (TPSA) is 43.1 Å². The smallest absolute Gasteiger partial charge is 0.226 e. The molecule has 0 unspecified atom stereocenters. The molecule has 0 aliphatic heterocycles. The first kappa shape index (κ1) is 20.2. The van der Waals surface area contributed by atoms with Gasteiger partial charge in [0.15, 0.2) is 0 Å². The van der Waals surface area contributed by atoms with Gasteiger partial charge in [-0.25, -0.2) is 4.98 Å². The largest absolute Gasteiger partial charge is 0.441 e. The summed E-state index contributed by atoms with van der Waals surface area (Å²) < 4.78 is 5.81. The Morgan fingerprint density at radius 3 is 2.46 bits per heavy atom. The standard InChI is InChI=1S/C24H25NO2S/c1-4-18-6-5-7-19(12-18)13-21(26)14-22(28)15-23-17(3)27-24(25-23)20-10-8-16(2)9-11-20/h5-12H,4,13-15H2,1-3H3. The molecule has 0 aliphatic rings. The Kier molecular flexibility index (Phi) is 6.53. The van der Waals surface area contributed by atoms with Crippen LogP contribution in [0.1, 0.15) is 41.5 Å². The first-order chi connectivity index (χ1) is 13.4. The van der Waals surface area contributed by atoms with Gasteiger partial charge in [0.2, 0.25) is 5.89 Å². The van der Waals surface area contributed by atoms with Crippen molar-refractivity contribution in [3.63, 3.8) is 0 Å². The summed E-state index contributed by atoms with van der Waals surface area (Å²) in [7, 11) is 0. The van der Waals surface area contributed by atoms with Gasteiger partial charge in [0.25, 0.3) is 0 Å². The number of benzene rings is 2. The van der Waals surface area contributed by atoms with Crippen LogP contribution in [-0.2, 0) is 24.1 Å². The molecular formula is C24H25NO2S. The average Bonchev–Trinajstić information content (AvgIpc) is 3.02. The van der Waals surface area contributed by atoms with Crippen LogP contribution in [-0.4, -0.2) is 15.6 Å². The van der Waals surface area contributed by atoms with Gasteiger partial charge in [0.1, 0.15) is 11.5 Å². The third-order valence-corrected chi connectivity index (χ3v) is 5.04. The van der Waals surface area contributed by atoms with Crippen molar-refractivity contribution in [2.24, 2.45) is 0 Å². The zero-order valence-electron chi connectivity index (χ0n) is 16.6. The quantitative estimate of drug-likeness (QED) is 0.466. The highest BCUT2D eigenvalue weighted by atomic mass is 32.1. The van der Waals surface area contributed by atoms with Crippen molar-refractivity contribution < 1.29 is 9.21 Å². The van der Waals surface area contributed by atoms with E-state index in [0.717, 1.165) is 29.0 Å². The number of hydrogen-bond donors (Lipinski definition) is 0. The second-order valence-electron chi connectivity index (χ2n) is 7.17. The maximum atomic E-state index is 12.4. The highest BCUT2D eigenvalue weighted by Crippen LogP contribution is 2.23. The molecule has 28 heavy (non-hydrogen) atoms. The van der Waals surface area contributed by atoms with Crippen LogP contribution in [0.3, 0.4) is 0 Å². The van der Waals surface area contributed by atoms with Crippen LogP contribution in [0.5, 0.6) is 0 Å². The lowest BCUT2D eigenvalue weighted by Gasteiger charge is -2.04. The molecule has 3 aromatic rings. The second-order valence-corrected chi connectivity index (χ2v) is 7.75. The fraction of sp³-hybridized carbons (Fsp3) is 0.292. The van der Waals surface area contributed by atoms with E-state index in [4.69, 9.17) is 16.6 Å². The third kappa shape index (κ3) is 5.23. The van der Waals surface area contributed by atoms with E-state index in [9.17, 15) is 4.79 Å². The minimum Gasteiger partial charge on any atom is -0.441 e. The molecule has 0 spiro atoms. The van der Waals surface area contributed by atoms with Gasteiger partial charge >= 0.3 is 0 Å². The third-order valence-electron chi connectivity index (χ3n) is 4.75. The molecule has 4 heteroatoms. The molecule has 0 bridgehead atoms. The minimum absolute atomic E-state index is 0.137. The zero-order chi connectivity index (χ0) is 20.1. The van der Waals surface area contributed by atoms with Gasteiger partial charge in [0.05, 0.1) is 5.69 Å². The SMILES string of the molecule is CCc1cccc(CC(=O)CC(=S)Cc2nc(-c3ccc(C)cc3)oc2C)c1. The molecule has 2 aromatic carbocycles. The number of rotatable bonds is 8. The van der Waals surface area contributed by atoms with E-state index in [1.54, 1.807) is 0 Å². The number of ketones is 1. The number of Topliss-reactive ketones (excluding diaryl/α,β-unsaturated/α-hetero) is 1. The van der Waals surface area contributed by atoms with Crippen molar-refractivity contribution in [2.75, 3.05) is 0 Å². The van der Waals surface area contributed by atoms with Crippen molar-refractivity contribution >= 4 is 22.9 Å². The van der Waals surface area contributed by atoms with E-state index < -0.39 is 0 Å². The van der Waals surface area contributed by atoms with Crippen LogP contribution >= 0.6 is 12.2 Å². The van der Waals surface area contributed by atoms with Crippen molar-refractivity contribution in [1.82, 2.24) is 4.98 Å². The molecule has 0 saturated carbocycles. The number of thiocarbonyl (C=S) groups is 1. The summed E-state index contributed by atoms with van der Waals surface area (Å²) in [4.78, 5) is 17.7. The number of hydrogen-bond acceptors (Lipinski definition) is 4. The zero-order valence-corrected chi connectivity index (χ0v) is 17.4. The maximum absolute atomic E-state index is 12.4. The van der Waals surface area contributed by atoms with Crippen molar-refractivity contribution in [2.45, 2.75) is 46.5 Å². The van der Waals surface area contributed by atoms with Gasteiger partial charge in [-0.05, 0) is 43.5 Å². The molecule has 1 heterocycles. The van der Waals surface area contributed by atoms with Crippen LogP contribution in [0, 0.1) is 13.8 Å². The van der Waals surface area contributed by atoms with E-state index in [1.165, 1.54) is 11.1 Å². The molecule has 0 amide bonds. The van der Waals surface area contributed by atoms with Crippen LogP contribution < -0.4 is 0 Å². The molecule has 0 aliphatic carbocycles. The summed E-state index contributed by atoms with van der Waals surface area (Å²) in [6.45, 7) is 6.05. The molecule has 3 rings (SSSR count). The predicted molar refractivity (Wildman–Crippen MR) is 117 cm³/mol. The normalized spacial score (nSPS) is 10.8. The van der Waals surface area contributed by atoms with Crippen molar-refractivity contribution in [3.05, 3.63) is 76.7 Å². The Labute approximate surface area is 171 Å². The van der Waals surface area contributed by atoms with Gasteiger partial charge in [0, 0.05) is 29.7 Å². The van der Waals surface area contributed by atoms with E-state index in [-0.39, 0.29) is 12.2 Å². The van der Waals surface area contributed by atoms with Gasteiger partial charge in [-0.15, -0.1) is 0 Å². The molecule has 1 aromatic heterocycles. The molecule has 0 fully saturated rings. The number of aryl methyl sites for hydroxylation is 3. The van der Waals surface area contributed by atoms with Crippen molar-refractivity contribution in [1.29, 1.82) is 0 Å². The summed E-state index contributed by atoms with van der Waals surface area (Å²) >= 11 is 5.48. The molecular weight excluding hydrogens is 366 g/mol. The highest BCUT2D eigenvalue weighted by molar-refractivity contribution is 7.80. The minimum atomic E-state index is 0.137. The number of carbonyl (C=O) groups excluding carboxylic acids is 1. The summed E-state index contributed by atoms with van der Waals surface area (Å²) in [5.74, 6) is 1.48. The summed E-state index contributed by atoms with van der Waals surface area (Å²) in [5.41, 5.74) is 5.23. The molecule has 0 radical (unpaired) electrons. The predicted octanol–water partition coefficient (Wildman–Crippen LogP) is 5.64. The number of aromatic nitrogens is 1. The lowest BCUT2D eigenvalue weighted by Crippen LogP contribution is -2.11. The fourth-order valence-electron chi connectivity index (χ4n) is 3.13. The Morgan fingerprint density at radius 2 is 1.75 bits per heavy atom. The summed E-state index contributed by atoms with van der Waals surface area (Å²) in [5, 5.41) is 0. The fourth-order valence-corrected chi connectivity index (χ4v) is 3.43. The van der Waals surface area contributed by atoms with Gasteiger partial charge in [-0.2, -0.15) is 0 Å². The van der Waals surface area contributed by atoms with Gasteiger partial charge in [-0.3, -0.25) is 4.79 Å². The van der Waals surface area contributed by atoms with E-state index >= 15 is 0 Å². The molecule has 144 valence electrons. The Morgan fingerprint density at radius 1 is 1.04 bits per heavy atom. The van der Waals surface area contributed by atoms with Crippen LogP contribution in [0.4, 0.5) is 0 Å². The Hall–Kier alpha value is -2.59. The van der Waals surface area contributed by atoms with E-state index in [2.05, 4.69) is 24.0 Å². The Balaban J connectivity index is 1.61. The maximum Gasteiger partial charge on any atom is 0.226 e. The monoisotopic (exact) mass is 391 g/mol. The molecule has 3 nitrogen and oxygen atoms in total. The average molecular weight is 392 g/mol. The molecule has 0 atom stereocenters. The van der Waals surface area contributed by atoms with Gasteiger partial charge in [-0.1, -0.05) is 61.1 Å². The van der Waals surface area contributed by atoms with Crippen LogP contribution in [0.15, 0.2) is 52.9 Å².